The maximum absolute atomic E-state index is 14.6. The highest BCUT2D eigenvalue weighted by molar-refractivity contribution is 9.09. The topological polar surface area (TPSA) is 138 Å². The number of nitrogens with one attached hydrogen (secondary N) is 1. The lowest BCUT2D eigenvalue weighted by Crippen LogP contribution is -2.59. The van der Waals surface area contributed by atoms with Crippen LogP contribution in [0.4, 0.5) is 0 Å². The normalized spacial score (nSPS) is 29.2. The molecule has 1 aromatic carbocycles. The van der Waals surface area contributed by atoms with E-state index in [0.29, 0.717) is 44.7 Å². The van der Waals surface area contributed by atoms with Crippen LogP contribution in [0.2, 0.25) is 0 Å². The zero-order chi connectivity index (χ0) is 34.4. The Kier molecular flexibility index (Phi) is 12.1. The number of nitrogens with zero attached hydrogens (tertiary/aromatic N) is 3. The zero-order valence-corrected chi connectivity index (χ0v) is 29.1. The van der Waals surface area contributed by atoms with E-state index >= 15 is 0 Å². The molecule has 48 heavy (non-hydrogen) atoms. The van der Waals surface area contributed by atoms with E-state index in [2.05, 4.69) is 39.3 Å². The SMILES string of the molecule is C=CCCC(=O)NC[C@H](OC(=O)[C@@H]1[C@H]2O[C@@]3(CC2Br)[C@H](C(=O)N(CC=C)CCN2CCOCC2)N([C@H](C)CO)C(=O)[C@@H]13)c1ccccc1. The van der Waals surface area contributed by atoms with Gasteiger partial charge >= 0.3 is 5.97 Å². The van der Waals surface area contributed by atoms with Crippen molar-refractivity contribution in [2.24, 2.45) is 11.8 Å². The highest BCUT2D eigenvalue weighted by Crippen LogP contribution is 2.60. The monoisotopic (exact) mass is 730 g/mol. The van der Waals surface area contributed by atoms with Crippen LogP contribution in [-0.4, -0.2) is 131 Å². The molecule has 4 fully saturated rings. The molecule has 1 unspecified atom stereocenters. The molecule has 4 saturated heterocycles. The summed E-state index contributed by atoms with van der Waals surface area (Å²) in [6.45, 7) is 13.0. The van der Waals surface area contributed by atoms with Crippen LogP contribution in [0.3, 0.4) is 0 Å². The maximum Gasteiger partial charge on any atom is 0.313 e. The number of aliphatic hydroxyl groups excluding tert-OH is 1. The van der Waals surface area contributed by atoms with Gasteiger partial charge in [0.05, 0.1) is 50.3 Å². The molecular weight excluding hydrogens is 684 g/mol. The molecule has 5 rings (SSSR count). The van der Waals surface area contributed by atoms with Crippen molar-refractivity contribution in [3.8, 4) is 0 Å². The van der Waals surface area contributed by atoms with E-state index in [-0.39, 0.29) is 42.8 Å². The van der Waals surface area contributed by atoms with Crippen LogP contribution in [0.1, 0.15) is 37.9 Å². The quantitative estimate of drug-likeness (QED) is 0.148. The predicted molar refractivity (Wildman–Crippen MR) is 181 cm³/mol. The Labute approximate surface area is 290 Å². The first-order valence-electron chi connectivity index (χ1n) is 16.7. The average molecular weight is 732 g/mol. The predicted octanol–water partition coefficient (Wildman–Crippen LogP) is 1.83. The first-order valence-corrected chi connectivity index (χ1v) is 17.7. The molecule has 4 aliphatic heterocycles. The van der Waals surface area contributed by atoms with Gasteiger partial charge in [0.15, 0.2) is 0 Å². The Balaban J connectivity index is 1.42. The minimum atomic E-state index is -1.31. The van der Waals surface area contributed by atoms with Gasteiger partial charge in [0.25, 0.3) is 0 Å². The van der Waals surface area contributed by atoms with Crippen LogP contribution >= 0.6 is 15.9 Å². The lowest BCUT2D eigenvalue weighted by Gasteiger charge is -2.39. The minimum Gasteiger partial charge on any atom is -0.455 e. The van der Waals surface area contributed by atoms with Crippen molar-refractivity contribution < 1.29 is 38.5 Å². The number of halogens is 1. The van der Waals surface area contributed by atoms with Crippen molar-refractivity contribution in [1.82, 2.24) is 20.0 Å². The van der Waals surface area contributed by atoms with E-state index in [1.807, 2.05) is 30.3 Å². The van der Waals surface area contributed by atoms with Crippen molar-refractivity contribution >= 4 is 39.6 Å². The molecule has 0 aliphatic carbocycles. The maximum atomic E-state index is 14.6. The number of hydrogen-bond acceptors (Lipinski definition) is 9. The summed E-state index contributed by atoms with van der Waals surface area (Å²) in [5.74, 6) is -3.56. The molecule has 2 bridgehead atoms. The second-order valence-corrected chi connectivity index (χ2v) is 14.1. The number of fused-ring (bicyclic) bond motifs is 1. The van der Waals surface area contributed by atoms with Crippen molar-refractivity contribution in [3.05, 3.63) is 61.2 Å². The highest BCUT2D eigenvalue weighted by atomic mass is 79.9. The number of ether oxygens (including phenoxy) is 3. The fourth-order valence-corrected chi connectivity index (χ4v) is 8.47. The summed E-state index contributed by atoms with van der Waals surface area (Å²) in [4.78, 5) is 60.6. The molecule has 1 aromatic rings. The first kappa shape index (κ1) is 36.2. The number of esters is 1. The summed E-state index contributed by atoms with van der Waals surface area (Å²) in [6.07, 6.45) is 2.88. The average Bonchev–Trinajstić information content (AvgIpc) is 3.70. The van der Waals surface area contributed by atoms with Crippen LogP contribution in [0, 0.1) is 11.8 Å². The summed E-state index contributed by atoms with van der Waals surface area (Å²) < 4.78 is 18.2. The Morgan fingerprint density at radius 3 is 2.60 bits per heavy atom. The number of carbonyl (C=O) groups excluding carboxylic acids is 4. The van der Waals surface area contributed by atoms with Gasteiger partial charge in [0.2, 0.25) is 17.7 Å². The molecule has 262 valence electrons. The molecular formula is C35H47BrN4O8. The minimum absolute atomic E-state index is 0.0416. The van der Waals surface area contributed by atoms with Gasteiger partial charge in [0, 0.05) is 44.0 Å². The van der Waals surface area contributed by atoms with Gasteiger partial charge < -0.3 is 34.4 Å². The van der Waals surface area contributed by atoms with Crippen LogP contribution < -0.4 is 5.32 Å². The smallest absolute Gasteiger partial charge is 0.313 e. The Hall–Kier alpha value is -3.10. The standard InChI is InChI=1S/C35H47BrN4O8/c1-4-6-12-27(42)37-21-26(24-10-8-7-9-11-24)47-34(45)28-29-32(43)40(23(3)22-41)31(35(29)20-25(36)30(28)48-35)33(44)39(13-5-2)15-14-38-16-18-46-19-17-38/h4-5,7-11,23,25-26,28-31,41H,1-2,6,12-22H2,3H3,(H,37,42)/t23-,25?,26+,28+,29-,30+,31+,35-/m1/s1. The lowest BCUT2D eigenvalue weighted by atomic mass is 9.70. The van der Waals surface area contributed by atoms with Gasteiger partial charge in [-0.2, -0.15) is 0 Å². The van der Waals surface area contributed by atoms with Crippen LogP contribution in [0.25, 0.3) is 0 Å². The number of hydrogen-bond donors (Lipinski definition) is 2. The van der Waals surface area contributed by atoms with Gasteiger partial charge in [0.1, 0.15) is 17.7 Å². The molecule has 2 N–H and O–H groups in total. The zero-order valence-electron chi connectivity index (χ0n) is 27.5. The number of benzene rings is 1. The third kappa shape index (κ3) is 7.25. The van der Waals surface area contributed by atoms with E-state index < -0.39 is 53.6 Å². The summed E-state index contributed by atoms with van der Waals surface area (Å²) >= 11 is 3.70. The van der Waals surface area contributed by atoms with Crippen LogP contribution in [-0.2, 0) is 33.4 Å². The number of morpholine rings is 1. The highest BCUT2D eigenvalue weighted by Gasteiger charge is 2.77. The summed E-state index contributed by atoms with van der Waals surface area (Å²) in [7, 11) is 0. The van der Waals surface area contributed by atoms with E-state index in [1.165, 1.54) is 4.90 Å². The number of amides is 3. The molecule has 0 aromatic heterocycles. The van der Waals surface area contributed by atoms with E-state index in [0.717, 1.165) is 13.1 Å². The molecule has 8 atom stereocenters. The van der Waals surface area contributed by atoms with E-state index in [9.17, 15) is 24.3 Å². The summed E-state index contributed by atoms with van der Waals surface area (Å²) in [5.41, 5.74) is -0.620. The van der Waals surface area contributed by atoms with Gasteiger partial charge in [-0.1, -0.05) is 58.4 Å². The number of likely N-dealkylation sites (tertiary alicyclic amines) is 1. The van der Waals surface area contributed by atoms with Crippen molar-refractivity contribution in [2.45, 2.75) is 60.9 Å². The number of alkyl halides is 1. The second-order valence-electron chi connectivity index (χ2n) is 12.9. The Morgan fingerprint density at radius 1 is 1.21 bits per heavy atom. The van der Waals surface area contributed by atoms with Gasteiger partial charge in [-0.15, -0.1) is 13.2 Å². The molecule has 0 radical (unpaired) electrons. The summed E-state index contributed by atoms with van der Waals surface area (Å²) in [5, 5.41) is 13.1. The van der Waals surface area contributed by atoms with Gasteiger partial charge in [-0.05, 0) is 25.3 Å². The number of carbonyl (C=O) groups is 4. The van der Waals surface area contributed by atoms with Crippen molar-refractivity contribution in [1.29, 1.82) is 0 Å². The Morgan fingerprint density at radius 2 is 1.94 bits per heavy atom. The number of rotatable bonds is 16. The van der Waals surface area contributed by atoms with E-state index in [4.69, 9.17) is 14.2 Å². The van der Waals surface area contributed by atoms with Crippen LogP contribution in [0.15, 0.2) is 55.6 Å². The Bertz CT molecular complexity index is 1340. The van der Waals surface area contributed by atoms with Crippen LogP contribution in [0.5, 0.6) is 0 Å². The fourth-order valence-electron chi connectivity index (χ4n) is 7.53. The molecule has 4 aliphatic rings. The first-order chi connectivity index (χ1) is 23.2. The molecule has 4 heterocycles. The van der Waals surface area contributed by atoms with Gasteiger partial charge in [-0.25, -0.2) is 0 Å². The third-order valence-corrected chi connectivity index (χ3v) is 10.8. The number of allylic oxidation sites excluding steroid dienone is 1. The van der Waals surface area contributed by atoms with Crippen molar-refractivity contribution in [2.75, 3.05) is 59.1 Å². The molecule has 13 heteroatoms. The fraction of sp³-hybridized carbons (Fsp3) is 0.600. The van der Waals surface area contributed by atoms with E-state index in [1.54, 1.807) is 24.0 Å². The third-order valence-electron chi connectivity index (χ3n) is 9.91. The largest absolute Gasteiger partial charge is 0.455 e. The lowest BCUT2D eigenvalue weighted by molar-refractivity contribution is -0.161. The second kappa shape index (κ2) is 16.1. The molecule has 0 saturated carbocycles. The molecule has 3 amide bonds. The molecule has 12 nitrogen and oxygen atoms in total. The molecule has 1 spiro atoms. The van der Waals surface area contributed by atoms with Crippen molar-refractivity contribution in [3.63, 3.8) is 0 Å². The number of aliphatic hydroxyl groups is 1. The van der Waals surface area contributed by atoms with Gasteiger partial charge in [-0.3, -0.25) is 24.1 Å². The summed E-state index contributed by atoms with van der Waals surface area (Å²) in [6, 6.07) is 7.34.